The van der Waals surface area contributed by atoms with Crippen molar-refractivity contribution in [3.05, 3.63) is 35.5 Å². The number of aromatic nitrogens is 1. The van der Waals surface area contributed by atoms with Gasteiger partial charge >= 0.3 is 0 Å². The lowest BCUT2D eigenvalue weighted by molar-refractivity contribution is -0.130. The number of hydrogen-bond donors (Lipinski definition) is 1. The second kappa shape index (κ2) is 4.82. The van der Waals surface area contributed by atoms with Crippen LogP contribution in [0.15, 0.2) is 24.4 Å². The van der Waals surface area contributed by atoms with Crippen molar-refractivity contribution >= 4 is 10.9 Å². The zero-order valence-electron chi connectivity index (χ0n) is 13.5. The molecule has 118 valence electrons. The second-order valence-corrected chi connectivity index (χ2v) is 6.97. The third-order valence-electron chi connectivity index (χ3n) is 5.79. The number of benzene rings is 1. The van der Waals surface area contributed by atoms with Crippen LogP contribution in [0.5, 0.6) is 0 Å². The van der Waals surface area contributed by atoms with Crippen LogP contribution in [0.4, 0.5) is 0 Å². The Kier molecular flexibility index (Phi) is 3.12. The molecule has 2 heterocycles. The smallest absolute Gasteiger partial charge is 0.110 e. The number of piperidine rings is 1. The number of rotatable bonds is 2. The Labute approximate surface area is 131 Å². The van der Waals surface area contributed by atoms with Crippen LogP contribution >= 0.6 is 0 Å². The number of aryl methyl sites for hydroxylation is 1. The number of aliphatic hydroxyl groups excluding tert-OH is 1. The van der Waals surface area contributed by atoms with Crippen LogP contribution in [0, 0.1) is 5.92 Å². The molecule has 22 heavy (non-hydrogen) atoms. The molecule has 3 atom stereocenters. The van der Waals surface area contributed by atoms with Gasteiger partial charge in [-0.05, 0) is 43.0 Å². The van der Waals surface area contributed by atoms with E-state index in [2.05, 4.69) is 48.0 Å². The Morgan fingerprint density at radius 3 is 2.91 bits per heavy atom. The minimum absolute atomic E-state index is 0.222. The molecule has 4 heteroatoms. The molecule has 0 saturated carbocycles. The molecular weight excluding hydrogens is 276 g/mol. The number of fused-ring (bicyclic) bond motifs is 2. The van der Waals surface area contributed by atoms with Crippen molar-refractivity contribution in [2.24, 2.45) is 13.0 Å². The van der Waals surface area contributed by atoms with E-state index >= 15 is 0 Å². The summed E-state index contributed by atoms with van der Waals surface area (Å²) in [5.41, 5.74) is 3.68. The molecule has 1 N–H and O–H groups in total. The lowest BCUT2D eigenvalue weighted by atomic mass is 9.69. The molecule has 0 radical (unpaired) electrons. The number of aliphatic hydroxyl groups is 1. The summed E-state index contributed by atoms with van der Waals surface area (Å²) in [6, 6.07) is 6.87. The first-order valence-corrected chi connectivity index (χ1v) is 8.04. The Balaban J connectivity index is 1.98. The van der Waals surface area contributed by atoms with Gasteiger partial charge in [0, 0.05) is 50.5 Å². The van der Waals surface area contributed by atoms with Crippen molar-refractivity contribution in [3.63, 3.8) is 0 Å². The molecule has 0 spiro atoms. The second-order valence-electron chi connectivity index (χ2n) is 6.97. The zero-order chi connectivity index (χ0) is 15.5. The van der Waals surface area contributed by atoms with E-state index in [1.807, 2.05) is 7.11 Å². The molecule has 1 aromatic heterocycles. The van der Waals surface area contributed by atoms with Gasteiger partial charge in [0.15, 0.2) is 0 Å². The molecule has 1 unspecified atom stereocenters. The summed E-state index contributed by atoms with van der Waals surface area (Å²) in [6.45, 7) is 1.16. The number of likely N-dealkylation sites (N-methyl/N-ethyl adjacent to an activating group) is 1. The van der Waals surface area contributed by atoms with Gasteiger partial charge in [0.25, 0.3) is 0 Å². The van der Waals surface area contributed by atoms with Gasteiger partial charge in [0.05, 0.1) is 0 Å². The third kappa shape index (κ3) is 1.69. The summed E-state index contributed by atoms with van der Waals surface area (Å²) in [5, 5.41) is 11.1. The molecule has 4 nitrogen and oxygen atoms in total. The Bertz CT molecular complexity index is 723. The standard InChI is InChI=1S/C18H24N2O2/c1-19-10-13-7-16-18(22-3,8-12(11-21)9-20(16)2)14-5-4-6-15(19)17(13)14/h4-6,10,12,16,21H,7-9,11H2,1-3H3/t12-,16-,18?/m1/s1. The molecule has 2 aliphatic rings. The average Bonchev–Trinajstić information content (AvgIpc) is 2.86. The normalized spacial score (nSPS) is 31.5. The van der Waals surface area contributed by atoms with Gasteiger partial charge in [0.2, 0.25) is 0 Å². The van der Waals surface area contributed by atoms with Crippen LogP contribution in [0.25, 0.3) is 10.9 Å². The molecule has 1 aromatic carbocycles. The molecule has 4 rings (SSSR count). The van der Waals surface area contributed by atoms with Gasteiger partial charge < -0.3 is 14.4 Å². The number of ether oxygens (including phenoxy) is 1. The molecule has 1 aliphatic carbocycles. The Morgan fingerprint density at radius 2 is 2.18 bits per heavy atom. The number of hydrogen-bond acceptors (Lipinski definition) is 3. The highest BCUT2D eigenvalue weighted by Crippen LogP contribution is 2.49. The lowest BCUT2D eigenvalue weighted by Crippen LogP contribution is -2.59. The van der Waals surface area contributed by atoms with Crippen molar-refractivity contribution < 1.29 is 9.84 Å². The Morgan fingerprint density at radius 1 is 1.36 bits per heavy atom. The van der Waals surface area contributed by atoms with Gasteiger partial charge in [-0.3, -0.25) is 4.90 Å². The van der Waals surface area contributed by atoms with Crippen LogP contribution in [-0.4, -0.2) is 47.9 Å². The van der Waals surface area contributed by atoms with Crippen LogP contribution < -0.4 is 0 Å². The van der Waals surface area contributed by atoms with Crippen molar-refractivity contribution in [2.45, 2.75) is 24.5 Å². The number of likely N-dealkylation sites (tertiary alicyclic amines) is 1. The first kappa shape index (κ1) is 14.2. The van der Waals surface area contributed by atoms with Crippen molar-refractivity contribution in [3.8, 4) is 0 Å². The largest absolute Gasteiger partial charge is 0.396 e. The minimum atomic E-state index is -0.311. The van der Waals surface area contributed by atoms with E-state index in [0.717, 1.165) is 19.4 Å². The summed E-state index contributed by atoms with van der Waals surface area (Å²) in [5.74, 6) is 0.265. The quantitative estimate of drug-likeness (QED) is 0.920. The van der Waals surface area contributed by atoms with Crippen LogP contribution in [0.1, 0.15) is 17.5 Å². The van der Waals surface area contributed by atoms with Crippen molar-refractivity contribution in [2.75, 3.05) is 27.3 Å². The minimum Gasteiger partial charge on any atom is -0.396 e. The predicted molar refractivity (Wildman–Crippen MR) is 86.9 cm³/mol. The highest BCUT2D eigenvalue weighted by molar-refractivity contribution is 5.89. The van der Waals surface area contributed by atoms with E-state index in [0.29, 0.717) is 6.04 Å². The summed E-state index contributed by atoms with van der Waals surface area (Å²) < 4.78 is 8.40. The average molecular weight is 300 g/mol. The van der Waals surface area contributed by atoms with Gasteiger partial charge in [-0.15, -0.1) is 0 Å². The first-order chi connectivity index (χ1) is 10.6. The van der Waals surface area contributed by atoms with E-state index in [4.69, 9.17) is 4.74 Å². The molecule has 0 bridgehead atoms. The number of nitrogens with zero attached hydrogens (tertiary/aromatic N) is 2. The van der Waals surface area contributed by atoms with Gasteiger partial charge in [-0.25, -0.2) is 0 Å². The molecule has 0 amide bonds. The summed E-state index contributed by atoms with van der Waals surface area (Å²) in [7, 11) is 6.10. The maximum atomic E-state index is 9.72. The lowest BCUT2D eigenvalue weighted by Gasteiger charge is -2.52. The SMILES string of the molecule is COC12C[C@@H](CO)CN(C)[C@@H]1Cc1cn(C)c3cccc2c13. The van der Waals surface area contributed by atoms with E-state index in [1.165, 1.54) is 22.0 Å². The topological polar surface area (TPSA) is 37.6 Å². The van der Waals surface area contributed by atoms with Crippen molar-refractivity contribution in [1.82, 2.24) is 9.47 Å². The summed E-state index contributed by atoms with van der Waals surface area (Å²) in [4.78, 5) is 2.38. The molecule has 1 aliphatic heterocycles. The van der Waals surface area contributed by atoms with Gasteiger partial charge in [0.1, 0.15) is 5.60 Å². The van der Waals surface area contributed by atoms with Crippen LogP contribution in [-0.2, 0) is 23.8 Å². The summed E-state index contributed by atoms with van der Waals surface area (Å²) in [6.07, 6.45) is 4.17. The van der Waals surface area contributed by atoms with Gasteiger partial charge in [-0.1, -0.05) is 12.1 Å². The monoisotopic (exact) mass is 300 g/mol. The molecular formula is C18H24N2O2. The predicted octanol–water partition coefficient (Wildman–Crippen LogP) is 1.89. The fourth-order valence-electron chi connectivity index (χ4n) is 4.84. The van der Waals surface area contributed by atoms with Gasteiger partial charge in [-0.2, -0.15) is 0 Å². The molecule has 2 aromatic rings. The summed E-state index contributed by atoms with van der Waals surface area (Å²) >= 11 is 0. The van der Waals surface area contributed by atoms with Crippen LogP contribution in [0.2, 0.25) is 0 Å². The maximum Gasteiger partial charge on any atom is 0.110 e. The van der Waals surface area contributed by atoms with E-state index in [9.17, 15) is 5.11 Å². The zero-order valence-corrected chi connectivity index (χ0v) is 13.5. The first-order valence-electron chi connectivity index (χ1n) is 8.04. The van der Waals surface area contributed by atoms with E-state index in [1.54, 1.807) is 0 Å². The fourth-order valence-corrected chi connectivity index (χ4v) is 4.84. The number of methoxy groups -OCH3 is 1. The maximum absolute atomic E-state index is 9.72. The third-order valence-corrected chi connectivity index (χ3v) is 5.79. The van der Waals surface area contributed by atoms with Crippen LogP contribution in [0.3, 0.4) is 0 Å². The molecule has 1 saturated heterocycles. The molecule has 1 fully saturated rings. The Hall–Kier alpha value is -1.36. The fraction of sp³-hybridized carbons (Fsp3) is 0.556. The van der Waals surface area contributed by atoms with E-state index in [-0.39, 0.29) is 18.1 Å². The highest BCUT2D eigenvalue weighted by Gasteiger charge is 2.51. The highest BCUT2D eigenvalue weighted by atomic mass is 16.5. The van der Waals surface area contributed by atoms with E-state index < -0.39 is 0 Å². The van der Waals surface area contributed by atoms with Crippen molar-refractivity contribution in [1.29, 1.82) is 0 Å².